The Bertz CT molecular complexity index is 1430. The molecule has 1 aliphatic heterocycles. The minimum Gasteiger partial charge on any atom is -0.387 e. The highest BCUT2D eigenvalue weighted by atomic mass is 35.5. The zero-order valence-corrected chi connectivity index (χ0v) is 19.8. The molecule has 0 aliphatic carbocycles. The number of rotatable bonds is 5. The Morgan fingerprint density at radius 1 is 1.18 bits per heavy atom. The zero-order valence-electron chi connectivity index (χ0n) is 17.4. The number of carbonyl (C=O) groups excluding carboxylic acids is 3. The van der Waals surface area contributed by atoms with Crippen LogP contribution in [-0.4, -0.2) is 33.3 Å². The van der Waals surface area contributed by atoms with E-state index in [4.69, 9.17) is 11.6 Å². The highest BCUT2D eigenvalue weighted by molar-refractivity contribution is 7.92. The van der Waals surface area contributed by atoms with Gasteiger partial charge in [0.2, 0.25) is 5.91 Å². The van der Waals surface area contributed by atoms with Crippen LogP contribution in [0.1, 0.15) is 15.9 Å². The van der Waals surface area contributed by atoms with Crippen LogP contribution >= 0.6 is 22.9 Å². The number of hydrogen-bond acceptors (Lipinski definition) is 7. The molecule has 0 bridgehead atoms. The van der Waals surface area contributed by atoms with E-state index >= 15 is 0 Å². The summed E-state index contributed by atoms with van der Waals surface area (Å²) in [5, 5.41) is 6.89. The Morgan fingerprint density at radius 3 is 2.59 bits per heavy atom. The molecule has 9 nitrogen and oxygen atoms in total. The SMILES string of the molecule is CNc1cc2c(cc1Cl)C(=O)N(c1ccc(NC(=O)NS(=O)(=O)c3cccs3)cc1F)C(=O)C2. The summed E-state index contributed by atoms with van der Waals surface area (Å²) in [6.07, 6.45) is -0.144. The van der Waals surface area contributed by atoms with Crippen molar-refractivity contribution in [1.82, 2.24) is 4.72 Å². The molecule has 4 rings (SSSR count). The van der Waals surface area contributed by atoms with Crippen molar-refractivity contribution in [2.24, 2.45) is 0 Å². The molecule has 4 amide bonds. The number of amides is 4. The quantitative estimate of drug-likeness (QED) is 0.437. The molecule has 3 N–H and O–H groups in total. The number of hydrogen-bond donors (Lipinski definition) is 3. The first-order valence-corrected chi connectivity index (χ1v) is 12.4. The molecule has 1 aliphatic rings. The summed E-state index contributed by atoms with van der Waals surface area (Å²) < 4.78 is 40.9. The van der Waals surface area contributed by atoms with Crippen LogP contribution in [-0.2, 0) is 21.2 Å². The second kappa shape index (κ2) is 9.05. The molecule has 0 atom stereocenters. The van der Waals surface area contributed by atoms with Gasteiger partial charge >= 0.3 is 6.03 Å². The smallest absolute Gasteiger partial charge is 0.333 e. The van der Waals surface area contributed by atoms with Crippen molar-refractivity contribution in [3.8, 4) is 0 Å². The third-order valence-corrected chi connectivity index (χ3v) is 7.96. The van der Waals surface area contributed by atoms with Crippen LogP contribution in [0, 0.1) is 5.82 Å². The lowest BCUT2D eigenvalue weighted by atomic mass is 9.97. The number of benzene rings is 2. The fourth-order valence-electron chi connectivity index (χ4n) is 3.39. The molecule has 0 saturated heterocycles. The first-order valence-electron chi connectivity index (χ1n) is 9.65. The molecular weight excluding hydrogens is 507 g/mol. The highest BCUT2D eigenvalue weighted by Crippen LogP contribution is 2.33. The summed E-state index contributed by atoms with van der Waals surface area (Å²) in [5.74, 6) is -2.35. The van der Waals surface area contributed by atoms with Crippen LogP contribution < -0.4 is 20.3 Å². The van der Waals surface area contributed by atoms with Gasteiger partial charge in [0.15, 0.2) is 0 Å². The predicted molar refractivity (Wildman–Crippen MR) is 127 cm³/mol. The summed E-state index contributed by atoms with van der Waals surface area (Å²) in [4.78, 5) is 38.5. The van der Waals surface area contributed by atoms with Crippen LogP contribution in [0.4, 0.5) is 26.2 Å². The number of thiophene rings is 1. The lowest BCUT2D eigenvalue weighted by Crippen LogP contribution is -2.43. The van der Waals surface area contributed by atoms with Gasteiger partial charge in [-0.25, -0.2) is 27.2 Å². The lowest BCUT2D eigenvalue weighted by Gasteiger charge is -2.28. The first-order chi connectivity index (χ1) is 16.1. The average molecular weight is 523 g/mol. The van der Waals surface area contributed by atoms with Crippen LogP contribution in [0.2, 0.25) is 5.02 Å². The third-order valence-electron chi connectivity index (χ3n) is 4.92. The van der Waals surface area contributed by atoms with E-state index in [1.54, 1.807) is 13.1 Å². The van der Waals surface area contributed by atoms with E-state index < -0.39 is 33.7 Å². The van der Waals surface area contributed by atoms with Gasteiger partial charge in [-0.2, -0.15) is 0 Å². The van der Waals surface area contributed by atoms with Gasteiger partial charge in [0, 0.05) is 18.3 Å². The molecule has 0 saturated carbocycles. The van der Waals surface area contributed by atoms with Crippen molar-refractivity contribution in [3.05, 3.63) is 69.8 Å². The minimum atomic E-state index is -4.07. The molecular formula is C21H16ClFN4O5S2. The molecule has 176 valence electrons. The molecule has 34 heavy (non-hydrogen) atoms. The summed E-state index contributed by atoms with van der Waals surface area (Å²) in [6, 6.07) is 8.00. The summed E-state index contributed by atoms with van der Waals surface area (Å²) in [5.41, 5.74) is 0.784. The van der Waals surface area contributed by atoms with Crippen molar-refractivity contribution in [2.45, 2.75) is 10.6 Å². The summed E-state index contributed by atoms with van der Waals surface area (Å²) in [7, 11) is -2.43. The van der Waals surface area contributed by atoms with Gasteiger partial charge in [-0.3, -0.25) is 9.59 Å². The van der Waals surface area contributed by atoms with E-state index in [-0.39, 0.29) is 32.6 Å². The van der Waals surface area contributed by atoms with Gasteiger partial charge in [0.25, 0.3) is 15.9 Å². The maximum absolute atomic E-state index is 14.9. The lowest BCUT2D eigenvalue weighted by molar-refractivity contribution is -0.117. The Balaban J connectivity index is 1.55. The van der Waals surface area contributed by atoms with Crippen molar-refractivity contribution >= 4 is 67.9 Å². The molecule has 0 fully saturated rings. The Kier molecular flexibility index (Phi) is 6.30. The highest BCUT2D eigenvalue weighted by Gasteiger charge is 2.34. The number of urea groups is 1. The fraction of sp³-hybridized carbons (Fsp3) is 0.0952. The molecule has 1 aromatic heterocycles. The van der Waals surface area contributed by atoms with Crippen molar-refractivity contribution in [1.29, 1.82) is 0 Å². The van der Waals surface area contributed by atoms with E-state index in [1.165, 1.54) is 29.6 Å². The maximum Gasteiger partial charge on any atom is 0.333 e. The molecule has 13 heteroatoms. The van der Waals surface area contributed by atoms with Crippen molar-refractivity contribution < 1.29 is 27.2 Å². The van der Waals surface area contributed by atoms with Gasteiger partial charge in [-0.1, -0.05) is 17.7 Å². The monoisotopic (exact) mass is 522 g/mol. The minimum absolute atomic E-state index is 0.0616. The maximum atomic E-state index is 14.9. The first kappa shape index (κ1) is 23.7. The molecule has 3 aromatic rings. The number of sulfonamides is 1. The number of carbonyl (C=O) groups is 3. The van der Waals surface area contributed by atoms with Gasteiger partial charge in [-0.05, 0) is 47.3 Å². The second-order valence-electron chi connectivity index (χ2n) is 7.11. The van der Waals surface area contributed by atoms with E-state index in [2.05, 4.69) is 10.6 Å². The third kappa shape index (κ3) is 4.47. The largest absolute Gasteiger partial charge is 0.387 e. The van der Waals surface area contributed by atoms with E-state index in [1.807, 2.05) is 4.72 Å². The number of fused-ring (bicyclic) bond motifs is 1. The summed E-state index contributed by atoms with van der Waals surface area (Å²) >= 11 is 7.08. The van der Waals surface area contributed by atoms with Gasteiger partial charge in [0.1, 0.15) is 10.0 Å². The molecule has 0 radical (unpaired) electrons. The van der Waals surface area contributed by atoms with Gasteiger partial charge < -0.3 is 10.6 Å². The van der Waals surface area contributed by atoms with E-state index in [0.29, 0.717) is 16.2 Å². The van der Waals surface area contributed by atoms with Crippen LogP contribution in [0.15, 0.2) is 52.1 Å². The number of halogens is 2. The molecule has 0 unspecified atom stereocenters. The van der Waals surface area contributed by atoms with Gasteiger partial charge in [-0.15, -0.1) is 11.3 Å². The zero-order chi connectivity index (χ0) is 24.6. The predicted octanol–water partition coefficient (Wildman–Crippen LogP) is 3.82. The van der Waals surface area contributed by atoms with Crippen LogP contribution in [0.3, 0.4) is 0 Å². The number of anilines is 3. The van der Waals surface area contributed by atoms with E-state index in [0.717, 1.165) is 23.5 Å². The molecule has 2 aromatic carbocycles. The Labute approximate surface area is 202 Å². The van der Waals surface area contributed by atoms with Gasteiger partial charge in [0.05, 0.1) is 22.8 Å². The van der Waals surface area contributed by atoms with E-state index in [9.17, 15) is 27.2 Å². The fourth-order valence-corrected chi connectivity index (χ4v) is 5.54. The number of nitrogens with one attached hydrogen (secondary N) is 3. The Hall–Kier alpha value is -3.48. The normalized spacial score (nSPS) is 13.4. The standard InChI is InChI=1S/C21H16ClFN4O5S2/c1-24-16-7-11-8-18(28)27(20(29)13(11)10-14(16)22)17-5-4-12(9-15(17)23)25-21(30)26-34(31,32)19-3-2-6-33-19/h2-7,9-10,24H,8H2,1H3,(H2,25,26,30). The topological polar surface area (TPSA) is 125 Å². The molecule has 0 spiro atoms. The Morgan fingerprint density at radius 2 is 1.94 bits per heavy atom. The number of nitrogens with zero attached hydrogens (tertiary/aromatic N) is 1. The van der Waals surface area contributed by atoms with Crippen molar-refractivity contribution in [2.75, 3.05) is 22.6 Å². The average Bonchev–Trinajstić information content (AvgIpc) is 3.31. The van der Waals surface area contributed by atoms with Crippen molar-refractivity contribution in [3.63, 3.8) is 0 Å². The number of imide groups is 1. The molecule has 2 heterocycles. The van der Waals surface area contributed by atoms with Crippen LogP contribution in [0.5, 0.6) is 0 Å². The second-order valence-corrected chi connectivity index (χ2v) is 10.4. The van der Waals surface area contributed by atoms with Crippen LogP contribution in [0.25, 0.3) is 0 Å². The summed E-state index contributed by atoms with van der Waals surface area (Å²) in [6.45, 7) is 0.